The van der Waals surface area contributed by atoms with E-state index in [0.717, 1.165) is 43.4 Å². The van der Waals surface area contributed by atoms with E-state index in [1.165, 1.54) is 0 Å². The van der Waals surface area contributed by atoms with Crippen LogP contribution >= 0.6 is 11.8 Å². The molecule has 1 aromatic heterocycles. The number of rotatable bonds is 4. The molecule has 2 rings (SSSR count). The van der Waals surface area contributed by atoms with Crippen molar-refractivity contribution < 1.29 is 4.74 Å². The molecule has 0 unspecified atom stereocenters. The molecule has 5 nitrogen and oxygen atoms in total. The highest BCUT2D eigenvalue weighted by atomic mass is 32.2. The minimum Gasteiger partial charge on any atom is -0.381 e. The van der Waals surface area contributed by atoms with Crippen molar-refractivity contribution in [3.05, 3.63) is 6.07 Å². The van der Waals surface area contributed by atoms with Gasteiger partial charge in [-0.2, -0.15) is 4.98 Å². The molecule has 0 aromatic carbocycles. The van der Waals surface area contributed by atoms with Gasteiger partial charge in [-0.15, -0.1) is 11.8 Å². The van der Waals surface area contributed by atoms with E-state index in [2.05, 4.69) is 15.3 Å². The van der Waals surface area contributed by atoms with E-state index in [1.54, 1.807) is 11.8 Å². The van der Waals surface area contributed by atoms with Gasteiger partial charge in [0.2, 0.25) is 5.95 Å². The van der Waals surface area contributed by atoms with Crippen LogP contribution in [0.4, 0.5) is 11.8 Å². The number of hydrogen-bond acceptors (Lipinski definition) is 6. The lowest BCUT2D eigenvalue weighted by Crippen LogP contribution is -2.17. The first-order valence-electron chi connectivity index (χ1n) is 5.90. The molecule has 3 N–H and O–H groups in total. The molecule has 0 atom stereocenters. The third-order valence-electron chi connectivity index (χ3n) is 2.53. The Hall–Kier alpha value is -1.01. The summed E-state index contributed by atoms with van der Waals surface area (Å²) in [6.07, 6.45) is 2.15. The van der Waals surface area contributed by atoms with Crippen LogP contribution in [0.2, 0.25) is 0 Å². The van der Waals surface area contributed by atoms with Crippen molar-refractivity contribution in [2.75, 3.05) is 30.8 Å². The van der Waals surface area contributed by atoms with Gasteiger partial charge in [0.1, 0.15) is 10.8 Å². The van der Waals surface area contributed by atoms with Crippen LogP contribution in [0.1, 0.15) is 19.8 Å². The molecule has 1 saturated heterocycles. The number of nitrogen functional groups attached to an aromatic ring is 1. The molecule has 6 heteroatoms. The van der Waals surface area contributed by atoms with Gasteiger partial charge in [0, 0.05) is 31.1 Å². The summed E-state index contributed by atoms with van der Waals surface area (Å²) in [6, 6.07) is 1.96. The predicted molar refractivity (Wildman–Crippen MR) is 70.3 cm³/mol. The van der Waals surface area contributed by atoms with Crippen LogP contribution in [0, 0.1) is 0 Å². The van der Waals surface area contributed by atoms with Crippen LogP contribution in [0.25, 0.3) is 0 Å². The summed E-state index contributed by atoms with van der Waals surface area (Å²) in [5.41, 5.74) is 5.69. The third kappa shape index (κ3) is 3.74. The first-order chi connectivity index (χ1) is 8.28. The van der Waals surface area contributed by atoms with Gasteiger partial charge >= 0.3 is 0 Å². The van der Waals surface area contributed by atoms with E-state index in [1.807, 2.05) is 13.0 Å². The lowest BCUT2D eigenvalue weighted by molar-refractivity contribution is 0.1000. The number of ether oxygens (including phenoxy) is 1. The Labute approximate surface area is 106 Å². The molecule has 1 aromatic rings. The Bertz CT molecular complexity index is 368. The molecule has 1 aliphatic rings. The Morgan fingerprint density at radius 1 is 1.47 bits per heavy atom. The van der Waals surface area contributed by atoms with Crippen LogP contribution in [-0.2, 0) is 4.74 Å². The average molecular weight is 254 g/mol. The number of nitrogens with one attached hydrogen (secondary N) is 1. The largest absolute Gasteiger partial charge is 0.381 e. The predicted octanol–water partition coefficient (Wildman–Crippen LogP) is 1.76. The molecular formula is C11H18N4OS. The van der Waals surface area contributed by atoms with Crippen molar-refractivity contribution in [2.45, 2.75) is 30.0 Å². The maximum absolute atomic E-state index is 5.69. The van der Waals surface area contributed by atoms with Crippen LogP contribution in [-0.4, -0.2) is 35.0 Å². The monoisotopic (exact) mass is 254 g/mol. The highest BCUT2D eigenvalue weighted by molar-refractivity contribution is 7.99. The van der Waals surface area contributed by atoms with Gasteiger partial charge < -0.3 is 15.8 Å². The number of thioether (sulfide) groups is 1. The topological polar surface area (TPSA) is 73.1 Å². The fraction of sp³-hybridized carbons (Fsp3) is 0.636. The summed E-state index contributed by atoms with van der Waals surface area (Å²) in [7, 11) is 0. The van der Waals surface area contributed by atoms with Gasteiger partial charge in [-0.1, -0.05) is 0 Å². The summed E-state index contributed by atoms with van der Waals surface area (Å²) >= 11 is 1.77. The van der Waals surface area contributed by atoms with Gasteiger partial charge in [0.25, 0.3) is 0 Å². The number of anilines is 2. The Kier molecular flexibility index (Phi) is 4.44. The van der Waals surface area contributed by atoms with E-state index in [0.29, 0.717) is 11.2 Å². The average Bonchev–Trinajstić information content (AvgIpc) is 2.30. The maximum Gasteiger partial charge on any atom is 0.223 e. The maximum atomic E-state index is 5.69. The SMILES string of the molecule is CCNc1cc(SC2CCOCC2)nc(N)n1. The van der Waals surface area contributed by atoms with E-state index < -0.39 is 0 Å². The lowest BCUT2D eigenvalue weighted by Gasteiger charge is -2.21. The smallest absolute Gasteiger partial charge is 0.223 e. The molecule has 0 saturated carbocycles. The molecule has 94 valence electrons. The molecule has 0 radical (unpaired) electrons. The van der Waals surface area contributed by atoms with Gasteiger partial charge in [-0.3, -0.25) is 0 Å². The first kappa shape index (κ1) is 12.4. The van der Waals surface area contributed by atoms with Gasteiger partial charge in [0.15, 0.2) is 0 Å². The number of nitrogens with two attached hydrogens (primary N) is 1. The molecule has 0 bridgehead atoms. The Morgan fingerprint density at radius 2 is 2.24 bits per heavy atom. The van der Waals surface area contributed by atoms with Gasteiger partial charge in [0.05, 0.1) is 0 Å². The quantitative estimate of drug-likeness (QED) is 0.798. The van der Waals surface area contributed by atoms with Crippen LogP contribution in [0.3, 0.4) is 0 Å². The third-order valence-corrected chi connectivity index (χ3v) is 3.79. The van der Waals surface area contributed by atoms with Crippen molar-refractivity contribution in [1.29, 1.82) is 0 Å². The Morgan fingerprint density at radius 3 is 2.94 bits per heavy atom. The summed E-state index contributed by atoms with van der Waals surface area (Å²) in [4.78, 5) is 8.39. The molecule has 0 spiro atoms. The van der Waals surface area contributed by atoms with Crippen molar-refractivity contribution >= 4 is 23.5 Å². The normalized spacial score (nSPS) is 17.0. The number of aromatic nitrogens is 2. The summed E-state index contributed by atoms with van der Waals surface area (Å²) < 4.78 is 5.34. The lowest BCUT2D eigenvalue weighted by atomic mass is 10.2. The van der Waals surface area contributed by atoms with Crippen molar-refractivity contribution in [2.24, 2.45) is 0 Å². The summed E-state index contributed by atoms with van der Waals surface area (Å²) in [5.74, 6) is 1.13. The molecule has 1 fully saturated rings. The first-order valence-corrected chi connectivity index (χ1v) is 6.78. The second kappa shape index (κ2) is 6.07. The zero-order chi connectivity index (χ0) is 12.1. The van der Waals surface area contributed by atoms with E-state index >= 15 is 0 Å². The van der Waals surface area contributed by atoms with Gasteiger partial charge in [-0.05, 0) is 19.8 Å². The zero-order valence-electron chi connectivity index (χ0n) is 9.98. The minimum atomic E-state index is 0.331. The van der Waals surface area contributed by atoms with Crippen LogP contribution in [0.15, 0.2) is 11.1 Å². The second-order valence-electron chi connectivity index (χ2n) is 3.91. The number of nitrogens with zero attached hydrogens (tertiary/aromatic N) is 2. The highest BCUT2D eigenvalue weighted by Gasteiger charge is 2.16. The van der Waals surface area contributed by atoms with E-state index in [9.17, 15) is 0 Å². The highest BCUT2D eigenvalue weighted by Crippen LogP contribution is 2.29. The standard InChI is InChI=1S/C11H18N4OS/c1-2-13-9-7-10(15-11(12)14-9)17-8-3-5-16-6-4-8/h7-8H,2-6H2,1H3,(H3,12,13,14,15). The molecule has 17 heavy (non-hydrogen) atoms. The van der Waals surface area contributed by atoms with Crippen LogP contribution < -0.4 is 11.1 Å². The van der Waals surface area contributed by atoms with Crippen molar-refractivity contribution in [3.63, 3.8) is 0 Å². The van der Waals surface area contributed by atoms with E-state index in [-0.39, 0.29) is 0 Å². The summed E-state index contributed by atoms with van der Waals surface area (Å²) in [5, 5.41) is 4.68. The van der Waals surface area contributed by atoms with Crippen molar-refractivity contribution in [1.82, 2.24) is 9.97 Å². The minimum absolute atomic E-state index is 0.331. The summed E-state index contributed by atoms with van der Waals surface area (Å²) in [6.45, 7) is 4.55. The molecule has 0 amide bonds. The second-order valence-corrected chi connectivity index (χ2v) is 5.23. The Balaban J connectivity index is 2.03. The number of hydrogen-bond donors (Lipinski definition) is 2. The van der Waals surface area contributed by atoms with Crippen molar-refractivity contribution in [3.8, 4) is 0 Å². The van der Waals surface area contributed by atoms with E-state index in [4.69, 9.17) is 10.5 Å². The zero-order valence-corrected chi connectivity index (χ0v) is 10.8. The van der Waals surface area contributed by atoms with Gasteiger partial charge in [-0.25, -0.2) is 4.98 Å². The molecule has 0 aliphatic carbocycles. The molecule has 2 heterocycles. The fourth-order valence-corrected chi connectivity index (χ4v) is 2.84. The van der Waals surface area contributed by atoms with Crippen LogP contribution in [0.5, 0.6) is 0 Å². The molecule has 1 aliphatic heterocycles. The molecular weight excluding hydrogens is 236 g/mol. The fourth-order valence-electron chi connectivity index (χ4n) is 1.74.